The average molecular weight is 516 g/mol. The molecule has 7 nitrogen and oxygen atoms in total. The molecule has 0 N–H and O–H groups in total. The summed E-state index contributed by atoms with van der Waals surface area (Å²) in [5, 5.41) is 4.60. The van der Waals surface area contributed by atoms with Gasteiger partial charge in [0.05, 0.1) is 10.7 Å². The number of nitrogens with zero attached hydrogens (tertiary/aromatic N) is 3. The van der Waals surface area contributed by atoms with Gasteiger partial charge in [0.25, 0.3) is 0 Å². The molecule has 0 aliphatic heterocycles. The van der Waals surface area contributed by atoms with Crippen LogP contribution in [-0.4, -0.2) is 48.3 Å². The summed E-state index contributed by atoms with van der Waals surface area (Å²) >= 11 is 6.52. The first-order valence-electron chi connectivity index (χ1n) is 10.7. The number of hydrogen-bond donors (Lipinski definition) is 0. The van der Waals surface area contributed by atoms with E-state index in [0.717, 1.165) is 11.1 Å². The predicted octanol–water partition coefficient (Wildman–Crippen LogP) is 6.33. The van der Waals surface area contributed by atoms with Gasteiger partial charge in [0.1, 0.15) is 5.69 Å². The lowest BCUT2D eigenvalue weighted by atomic mass is 9.86. The van der Waals surface area contributed by atoms with Gasteiger partial charge in [0.2, 0.25) is 6.29 Å². The summed E-state index contributed by atoms with van der Waals surface area (Å²) in [5.41, 5.74) is 3.16. The summed E-state index contributed by atoms with van der Waals surface area (Å²) in [6.45, 7) is 7.56. The standard InChI is InChI=1S/C24H29ClF3N3O4/c1-14-19(25)20(31(7)30-14)21(34-15(2)35-22(32)33-13-24(26,27)28)18(12-29-6)16-8-10-17(11-9-16)23(3,4)5/h8-12,15H,13H2,1-7H3/b21-18-,29-12-. The molecule has 2 rings (SSSR count). The molecule has 0 fully saturated rings. The number of aliphatic imine (C=N–C) groups is 1. The maximum Gasteiger partial charge on any atom is 0.511 e. The Balaban J connectivity index is 2.54. The minimum atomic E-state index is -4.68. The second-order valence-corrected chi connectivity index (χ2v) is 9.16. The summed E-state index contributed by atoms with van der Waals surface area (Å²) in [6, 6.07) is 7.73. The molecule has 1 aromatic heterocycles. The fraction of sp³-hybridized carbons (Fsp3) is 0.458. The molecular weight excluding hydrogens is 487 g/mol. The highest BCUT2D eigenvalue weighted by Crippen LogP contribution is 2.34. The molecule has 0 bridgehead atoms. The zero-order valence-electron chi connectivity index (χ0n) is 20.7. The van der Waals surface area contributed by atoms with Gasteiger partial charge in [0.15, 0.2) is 12.4 Å². The highest BCUT2D eigenvalue weighted by molar-refractivity contribution is 6.33. The van der Waals surface area contributed by atoms with E-state index in [2.05, 4.69) is 35.6 Å². The molecule has 1 atom stereocenters. The minimum Gasteiger partial charge on any atom is -0.452 e. The number of hydrogen-bond acceptors (Lipinski definition) is 6. The molecule has 1 aromatic carbocycles. The smallest absolute Gasteiger partial charge is 0.452 e. The molecule has 11 heteroatoms. The van der Waals surface area contributed by atoms with Crippen LogP contribution in [0, 0.1) is 6.92 Å². The topological polar surface area (TPSA) is 74.9 Å². The third-order valence-electron chi connectivity index (χ3n) is 4.83. The maximum absolute atomic E-state index is 12.3. The van der Waals surface area contributed by atoms with Crippen molar-refractivity contribution in [2.24, 2.45) is 12.0 Å². The number of carbonyl (C=O) groups excluding carboxylic acids is 1. The minimum absolute atomic E-state index is 0.0673. The van der Waals surface area contributed by atoms with Crippen molar-refractivity contribution in [3.8, 4) is 0 Å². The van der Waals surface area contributed by atoms with E-state index in [0.29, 0.717) is 22.0 Å². The normalized spacial score (nSPS) is 14.0. The van der Waals surface area contributed by atoms with Crippen molar-refractivity contribution < 1.29 is 32.2 Å². The first kappa shape index (κ1) is 28.2. The molecule has 2 aromatic rings. The van der Waals surface area contributed by atoms with E-state index in [4.69, 9.17) is 21.1 Å². The van der Waals surface area contributed by atoms with E-state index in [9.17, 15) is 18.0 Å². The monoisotopic (exact) mass is 515 g/mol. The van der Waals surface area contributed by atoms with E-state index in [-0.39, 0.29) is 11.2 Å². The maximum atomic E-state index is 12.3. The van der Waals surface area contributed by atoms with Gasteiger partial charge in [-0.2, -0.15) is 18.3 Å². The van der Waals surface area contributed by atoms with Gasteiger partial charge in [-0.25, -0.2) is 4.79 Å². The lowest BCUT2D eigenvalue weighted by Crippen LogP contribution is -2.24. The highest BCUT2D eigenvalue weighted by Gasteiger charge is 2.31. The molecule has 0 saturated carbocycles. The van der Waals surface area contributed by atoms with Crippen LogP contribution in [-0.2, 0) is 26.7 Å². The van der Waals surface area contributed by atoms with Crippen LogP contribution in [0.15, 0.2) is 29.3 Å². The van der Waals surface area contributed by atoms with E-state index in [1.165, 1.54) is 11.6 Å². The number of alkyl halides is 3. The van der Waals surface area contributed by atoms with E-state index < -0.39 is 25.2 Å². The number of aromatic nitrogens is 2. The molecular formula is C24H29ClF3N3O4. The van der Waals surface area contributed by atoms with Crippen molar-refractivity contribution in [3.63, 3.8) is 0 Å². The molecule has 0 spiro atoms. The Morgan fingerprint density at radius 2 is 1.80 bits per heavy atom. The predicted molar refractivity (Wildman–Crippen MR) is 128 cm³/mol. The lowest BCUT2D eigenvalue weighted by Gasteiger charge is -2.22. The van der Waals surface area contributed by atoms with Crippen molar-refractivity contribution >= 4 is 35.3 Å². The molecule has 1 heterocycles. The van der Waals surface area contributed by atoms with Crippen molar-refractivity contribution in [2.45, 2.75) is 52.5 Å². The van der Waals surface area contributed by atoms with Crippen LogP contribution in [0.1, 0.15) is 50.2 Å². The van der Waals surface area contributed by atoms with Crippen molar-refractivity contribution in [1.82, 2.24) is 9.78 Å². The van der Waals surface area contributed by atoms with Crippen LogP contribution < -0.4 is 0 Å². The molecule has 0 radical (unpaired) electrons. The Morgan fingerprint density at radius 1 is 1.20 bits per heavy atom. The first-order valence-corrected chi connectivity index (χ1v) is 11.1. The van der Waals surface area contributed by atoms with Gasteiger partial charge in [0, 0.05) is 32.8 Å². The Kier molecular flexibility index (Phi) is 9.00. The fourth-order valence-corrected chi connectivity index (χ4v) is 3.42. The Hall–Kier alpha value is -3.01. The van der Waals surface area contributed by atoms with Gasteiger partial charge in [-0.15, -0.1) is 0 Å². The van der Waals surface area contributed by atoms with Crippen LogP contribution in [0.3, 0.4) is 0 Å². The molecule has 1 unspecified atom stereocenters. The summed E-state index contributed by atoms with van der Waals surface area (Å²) in [6.07, 6.45) is -5.99. The van der Waals surface area contributed by atoms with Crippen LogP contribution >= 0.6 is 11.6 Å². The van der Waals surface area contributed by atoms with Gasteiger partial charge >= 0.3 is 12.3 Å². The van der Waals surface area contributed by atoms with Crippen LogP contribution in [0.5, 0.6) is 0 Å². The molecule has 0 amide bonds. The summed E-state index contributed by atoms with van der Waals surface area (Å²) < 4.78 is 53.4. The van der Waals surface area contributed by atoms with Crippen molar-refractivity contribution in [1.29, 1.82) is 0 Å². The van der Waals surface area contributed by atoms with Crippen LogP contribution in [0.4, 0.5) is 18.0 Å². The molecule has 0 aliphatic carbocycles. The quantitative estimate of drug-likeness (QED) is 0.186. The Bertz CT molecular complexity index is 1100. The third kappa shape index (κ3) is 7.74. The Morgan fingerprint density at radius 3 is 2.26 bits per heavy atom. The Labute approximate surface area is 207 Å². The molecule has 0 aliphatic rings. The molecule has 192 valence electrons. The second kappa shape index (κ2) is 11.2. The summed E-state index contributed by atoms with van der Waals surface area (Å²) in [4.78, 5) is 15.9. The number of aryl methyl sites for hydroxylation is 2. The lowest BCUT2D eigenvalue weighted by molar-refractivity contribution is -0.171. The van der Waals surface area contributed by atoms with Gasteiger partial charge < -0.3 is 14.2 Å². The van der Waals surface area contributed by atoms with Crippen LogP contribution in [0.25, 0.3) is 11.3 Å². The SMILES string of the molecule is C/N=C\C(=C(\OC(C)OC(=O)OCC(F)(F)F)c1c(Cl)c(C)nn1C)c1ccc(C(C)(C)C)cc1. The first-order chi connectivity index (χ1) is 16.1. The van der Waals surface area contributed by atoms with Crippen LogP contribution in [0.2, 0.25) is 5.02 Å². The third-order valence-corrected chi connectivity index (χ3v) is 5.28. The zero-order valence-corrected chi connectivity index (χ0v) is 21.4. The van der Waals surface area contributed by atoms with E-state index in [1.807, 2.05) is 24.3 Å². The highest BCUT2D eigenvalue weighted by atomic mass is 35.5. The molecule has 0 saturated heterocycles. The number of benzene rings is 1. The van der Waals surface area contributed by atoms with E-state index >= 15 is 0 Å². The fourth-order valence-electron chi connectivity index (χ4n) is 3.17. The van der Waals surface area contributed by atoms with E-state index in [1.54, 1.807) is 27.2 Å². The summed E-state index contributed by atoms with van der Waals surface area (Å²) in [7, 11) is 3.23. The zero-order chi connectivity index (χ0) is 26.6. The number of ether oxygens (including phenoxy) is 3. The largest absolute Gasteiger partial charge is 0.511 e. The van der Waals surface area contributed by atoms with Gasteiger partial charge in [-0.3, -0.25) is 9.67 Å². The number of halogens is 4. The van der Waals surface area contributed by atoms with Crippen molar-refractivity contribution in [2.75, 3.05) is 13.7 Å². The number of allylic oxidation sites excluding steroid dienone is 1. The van der Waals surface area contributed by atoms with Gasteiger partial charge in [-0.1, -0.05) is 56.6 Å². The van der Waals surface area contributed by atoms with Gasteiger partial charge in [-0.05, 0) is 23.5 Å². The number of rotatable bonds is 7. The summed E-state index contributed by atoms with van der Waals surface area (Å²) in [5.74, 6) is 0.170. The van der Waals surface area contributed by atoms with Crippen molar-refractivity contribution in [3.05, 3.63) is 51.8 Å². The molecule has 35 heavy (non-hydrogen) atoms. The second-order valence-electron chi connectivity index (χ2n) is 8.79. The average Bonchev–Trinajstić information content (AvgIpc) is 2.99. The number of carbonyl (C=O) groups is 1.